The summed E-state index contributed by atoms with van der Waals surface area (Å²) in [6, 6.07) is 0.576. The van der Waals surface area contributed by atoms with Crippen LogP contribution in [0, 0.1) is 11.6 Å². The van der Waals surface area contributed by atoms with E-state index in [-0.39, 0.29) is 23.5 Å². The number of hydrogen-bond donors (Lipinski definition) is 0. The monoisotopic (exact) mass is 415 g/mol. The van der Waals surface area contributed by atoms with Crippen LogP contribution in [-0.4, -0.2) is 36.8 Å². The van der Waals surface area contributed by atoms with E-state index in [1.165, 1.54) is 6.92 Å². The van der Waals surface area contributed by atoms with Crippen LogP contribution < -0.4 is 4.74 Å². The molecule has 27 heavy (non-hydrogen) atoms. The van der Waals surface area contributed by atoms with Crippen molar-refractivity contribution >= 4 is 10.0 Å². The second-order valence-electron chi connectivity index (χ2n) is 7.12. The molecule has 1 aromatic rings. The molecule has 1 unspecified atom stereocenters. The van der Waals surface area contributed by atoms with Crippen LogP contribution in [0.1, 0.15) is 51.6 Å². The maximum absolute atomic E-state index is 14.2. The van der Waals surface area contributed by atoms with Gasteiger partial charge >= 0.3 is 6.18 Å². The van der Waals surface area contributed by atoms with Crippen LogP contribution >= 0.6 is 0 Å². The molecule has 0 radical (unpaired) electrons. The molecule has 0 N–H and O–H groups in total. The zero-order chi connectivity index (χ0) is 20.6. The van der Waals surface area contributed by atoms with Gasteiger partial charge in [-0.1, -0.05) is 0 Å². The lowest BCUT2D eigenvalue weighted by Gasteiger charge is -2.42. The van der Waals surface area contributed by atoms with Crippen molar-refractivity contribution in [1.82, 2.24) is 4.31 Å². The van der Waals surface area contributed by atoms with Gasteiger partial charge in [0.1, 0.15) is 11.4 Å². The highest BCUT2D eigenvalue weighted by molar-refractivity contribution is 7.89. The topological polar surface area (TPSA) is 46.6 Å². The molecule has 1 aromatic carbocycles. The molecule has 4 nitrogen and oxygen atoms in total. The van der Waals surface area contributed by atoms with E-state index < -0.39 is 58.9 Å². The number of ether oxygens (including phenoxy) is 1. The molecular formula is C17H22F5NO3S. The van der Waals surface area contributed by atoms with Crippen LogP contribution in [0.4, 0.5) is 22.0 Å². The Morgan fingerprint density at radius 2 is 1.89 bits per heavy atom. The van der Waals surface area contributed by atoms with Gasteiger partial charge in [-0.05, 0) is 33.3 Å². The first-order valence-corrected chi connectivity index (χ1v) is 10.1. The highest BCUT2D eigenvalue weighted by atomic mass is 32.2. The van der Waals surface area contributed by atoms with Crippen molar-refractivity contribution in [1.29, 1.82) is 0 Å². The minimum Gasteiger partial charge on any atom is -0.484 e. The Bertz CT molecular complexity index is 792. The van der Waals surface area contributed by atoms with Gasteiger partial charge in [0.15, 0.2) is 11.6 Å². The number of fused-ring (bicyclic) bond motifs is 1. The molecule has 0 bridgehead atoms. The van der Waals surface area contributed by atoms with Crippen molar-refractivity contribution in [2.75, 3.05) is 12.3 Å². The lowest BCUT2D eigenvalue weighted by Crippen LogP contribution is -2.45. The van der Waals surface area contributed by atoms with Crippen LogP contribution in [0.2, 0.25) is 0 Å². The van der Waals surface area contributed by atoms with Gasteiger partial charge in [-0.2, -0.15) is 17.5 Å². The first-order chi connectivity index (χ1) is 12.3. The fourth-order valence-corrected chi connectivity index (χ4v) is 4.49. The Labute approximate surface area is 155 Å². The normalized spacial score (nSPS) is 19.7. The van der Waals surface area contributed by atoms with Crippen molar-refractivity contribution < 1.29 is 35.1 Å². The average molecular weight is 415 g/mol. The number of rotatable bonds is 6. The second-order valence-corrected chi connectivity index (χ2v) is 9.33. The van der Waals surface area contributed by atoms with Gasteiger partial charge in [0.25, 0.3) is 0 Å². The van der Waals surface area contributed by atoms with Gasteiger partial charge in [0.05, 0.1) is 11.8 Å². The Morgan fingerprint density at radius 1 is 1.26 bits per heavy atom. The van der Waals surface area contributed by atoms with Crippen LogP contribution in [0.5, 0.6) is 5.75 Å². The van der Waals surface area contributed by atoms with E-state index in [2.05, 4.69) is 0 Å². The molecule has 0 fully saturated rings. The van der Waals surface area contributed by atoms with Crippen molar-refractivity contribution in [3.05, 3.63) is 29.3 Å². The lowest BCUT2D eigenvalue weighted by atomic mass is 9.89. The maximum atomic E-state index is 14.2. The van der Waals surface area contributed by atoms with Gasteiger partial charge in [-0.3, -0.25) is 0 Å². The number of sulfonamides is 1. The molecule has 0 amide bonds. The largest absolute Gasteiger partial charge is 0.484 e. The maximum Gasteiger partial charge on any atom is 0.389 e. The Morgan fingerprint density at radius 3 is 2.44 bits per heavy atom. The predicted molar refractivity (Wildman–Crippen MR) is 89.9 cm³/mol. The molecular weight excluding hydrogens is 393 g/mol. The standard InChI is InChI=1S/C17H22F5NO3S/c1-4-27(24,25)23(7-5-6-17(20,21)22)14-10-16(2,3)26-15-12(14)8-11(18)9-13(15)19/h8-9,14H,4-7,10H2,1-3H3. The minimum atomic E-state index is -4.42. The molecule has 0 spiro atoms. The van der Waals surface area contributed by atoms with Crippen molar-refractivity contribution in [2.45, 2.75) is 57.9 Å². The van der Waals surface area contributed by atoms with E-state index >= 15 is 0 Å². The SMILES string of the molecule is CCS(=O)(=O)N(CCCC(F)(F)F)C1CC(C)(C)Oc2c(F)cc(F)cc21. The molecule has 2 rings (SSSR count). The summed E-state index contributed by atoms with van der Waals surface area (Å²) >= 11 is 0. The van der Waals surface area contributed by atoms with E-state index in [4.69, 9.17) is 4.74 Å². The van der Waals surface area contributed by atoms with Crippen LogP contribution in [-0.2, 0) is 10.0 Å². The van der Waals surface area contributed by atoms with E-state index in [9.17, 15) is 30.4 Å². The summed E-state index contributed by atoms with van der Waals surface area (Å²) in [6.07, 6.45) is -5.98. The quantitative estimate of drug-likeness (QED) is 0.640. The van der Waals surface area contributed by atoms with Crippen molar-refractivity contribution in [3.63, 3.8) is 0 Å². The zero-order valence-corrected chi connectivity index (χ0v) is 16.1. The molecule has 0 saturated heterocycles. The third kappa shape index (κ3) is 5.31. The Kier molecular flexibility index (Phi) is 6.11. The molecule has 0 aliphatic carbocycles. The summed E-state index contributed by atoms with van der Waals surface area (Å²) in [5.74, 6) is -2.51. The number of alkyl halides is 3. The highest BCUT2D eigenvalue weighted by Gasteiger charge is 2.42. The van der Waals surface area contributed by atoms with Gasteiger partial charge in [-0.25, -0.2) is 17.2 Å². The number of benzene rings is 1. The number of hydrogen-bond acceptors (Lipinski definition) is 3. The van der Waals surface area contributed by atoms with Gasteiger partial charge in [0.2, 0.25) is 10.0 Å². The molecule has 0 saturated carbocycles. The fourth-order valence-electron chi connectivity index (χ4n) is 3.18. The molecule has 0 aromatic heterocycles. The third-order valence-corrected chi connectivity index (χ3v) is 6.25. The molecule has 1 aliphatic rings. The molecule has 154 valence electrons. The summed E-state index contributed by atoms with van der Waals surface area (Å²) < 4.78 is 97.1. The first-order valence-electron chi connectivity index (χ1n) is 8.50. The van der Waals surface area contributed by atoms with E-state index in [1.807, 2.05) is 0 Å². The summed E-state index contributed by atoms with van der Waals surface area (Å²) in [5.41, 5.74) is -1.00. The summed E-state index contributed by atoms with van der Waals surface area (Å²) in [6.45, 7) is 4.17. The molecule has 1 heterocycles. The highest BCUT2D eigenvalue weighted by Crippen LogP contribution is 2.45. The average Bonchev–Trinajstić information content (AvgIpc) is 2.50. The fraction of sp³-hybridized carbons (Fsp3) is 0.647. The van der Waals surface area contributed by atoms with E-state index in [0.717, 1.165) is 10.4 Å². The third-order valence-electron chi connectivity index (χ3n) is 4.37. The first kappa shape index (κ1) is 21.9. The van der Waals surface area contributed by atoms with Gasteiger partial charge < -0.3 is 4.74 Å². The molecule has 1 aliphatic heterocycles. The van der Waals surface area contributed by atoms with Crippen LogP contribution in [0.15, 0.2) is 12.1 Å². The zero-order valence-electron chi connectivity index (χ0n) is 15.2. The minimum absolute atomic E-state index is 0.0177. The van der Waals surface area contributed by atoms with E-state index in [1.54, 1.807) is 13.8 Å². The number of halogens is 5. The molecule has 1 atom stereocenters. The summed E-state index contributed by atoms with van der Waals surface area (Å²) in [7, 11) is -3.93. The van der Waals surface area contributed by atoms with Crippen LogP contribution in [0.25, 0.3) is 0 Å². The Balaban J connectivity index is 2.48. The lowest BCUT2D eigenvalue weighted by molar-refractivity contribution is -0.136. The van der Waals surface area contributed by atoms with Crippen molar-refractivity contribution in [3.8, 4) is 5.75 Å². The summed E-state index contributed by atoms with van der Waals surface area (Å²) in [5, 5.41) is 0. The Hall–Kier alpha value is -1.42. The van der Waals surface area contributed by atoms with Crippen molar-refractivity contribution in [2.24, 2.45) is 0 Å². The predicted octanol–water partition coefficient (Wildman–Crippen LogP) is 4.56. The van der Waals surface area contributed by atoms with Gasteiger partial charge in [0, 0.05) is 31.0 Å². The van der Waals surface area contributed by atoms with Crippen LogP contribution in [0.3, 0.4) is 0 Å². The van der Waals surface area contributed by atoms with E-state index in [0.29, 0.717) is 6.07 Å². The molecule has 10 heteroatoms. The smallest absolute Gasteiger partial charge is 0.389 e. The van der Waals surface area contributed by atoms with Gasteiger partial charge in [-0.15, -0.1) is 0 Å². The summed E-state index contributed by atoms with van der Waals surface area (Å²) in [4.78, 5) is 0. The second kappa shape index (κ2) is 7.54. The number of nitrogens with zero attached hydrogens (tertiary/aromatic N) is 1.